The van der Waals surface area contributed by atoms with Gasteiger partial charge in [0.2, 0.25) is 17.8 Å². The number of hydrogen-bond donors (Lipinski definition) is 2. The molecule has 1 amide bonds. The summed E-state index contributed by atoms with van der Waals surface area (Å²) in [4.78, 5) is 24.1. The second kappa shape index (κ2) is 9.08. The monoisotopic (exact) mass is 343 g/mol. The van der Waals surface area contributed by atoms with Crippen LogP contribution in [0.1, 0.15) is 37.2 Å². The second-order valence-corrected chi connectivity index (χ2v) is 5.92. The molecule has 2 rings (SSSR count). The largest absolute Gasteiger partial charge is 0.375 e. The van der Waals surface area contributed by atoms with Gasteiger partial charge in [-0.2, -0.15) is 15.0 Å². The number of benzene rings is 1. The average molecular weight is 343 g/mol. The summed E-state index contributed by atoms with van der Waals surface area (Å²) >= 11 is 0. The fourth-order valence-corrected chi connectivity index (χ4v) is 2.20. The zero-order valence-corrected chi connectivity index (χ0v) is 15.2. The van der Waals surface area contributed by atoms with Gasteiger partial charge in [0.05, 0.1) is 13.2 Å². The van der Waals surface area contributed by atoms with Gasteiger partial charge in [-0.25, -0.2) is 0 Å². The Bertz CT molecular complexity index is 720. The first-order valence-electron chi connectivity index (χ1n) is 8.39. The smallest absolute Gasteiger partial charge is 0.234 e. The summed E-state index contributed by atoms with van der Waals surface area (Å²) in [5, 5.41) is 5.82. The SMILES string of the molecule is CCC(=O)Nc1nc(C)nc(NC(C)COCc2ccccc2C)n1. The third kappa shape index (κ3) is 6.11. The number of aromatic nitrogens is 3. The molecule has 1 heterocycles. The van der Waals surface area contributed by atoms with Crippen molar-refractivity contribution in [2.75, 3.05) is 17.2 Å². The van der Waals surface area contributed by atoms with Gasteiger partial charge in [0.25, 0.3) is 0 Å². The van der Waals surface area contributed by atoms with E-state index in [-0.39, 0.29) is 17.9 Å². The second-order valence-electron chi connectivity index (χ2n) is 5.92. The van der Waals surface area contributed by atoms with Crippen LogP contribution in [-0.4, -0.2) is 33.5 Å². The molecule has 7 heteroatoms. The van der Waals surface area contributed by atoms with Gasteiger partial charge in [0, 0.05) is 12.5 Å². The Morgan fingerprint density at radius 2 is 1.88 bits per heavy atom. The van der Waals surface area contributed by atoms with Crippen molar-refractivity contribution in [3.8, 4) is 0 Å². The molecule has 0 aliphatic rings. The molecule has 2 N–H and O–H groups in total. The van der Waals surface area contributed by atoms with Gasteiger partial charge in [-0.1, -0.05) is 31.2 Å². The maximum atomic E-state index is 11.5. The molecule has 0 saturated carbocycles. The lowest BCUT2D eigenvalue weighted by molar-refractivity contribution is -0.115. The first-order valence-corrected chi connectivity index (χ1v) is 8.39. The molecule has 2 aromatic rings. The molecule has 1 aromatic carbocycles. The van der Waals surface area contributed by atoms with Crippen LogP contribution in [0.2, 0.25) is 0 Å². The number of amides is 1. The van der Waals surface area contributed by atoms with Crippen molar-refractivity contribution < 1.29 is 9.53 Å². The molecule has 1 aromatic heterocycles. The number of rotatable bonds is 8. The molecule has 0 fully saturated rings. The summed E-state index contributed by atoms with van der Waals surface area (Å²) in [6, 6.07) is 8.17. The summed E-state index contributed by atoms with van der Waals surface area (Å²) in [5.41, 5.74) is 2.39. The van der Waals surface area contributed by atoms with Crippen molar-refractivity contribution in [3.63, 3.8) is 0 Å². The molecular formula is C18H25N5O2. The minimum absolute atomic E-state index is 0.0144. The maximum Gasteiger partial charge on any atom is 0.234 e. The Kier molecular flexibility index (Phi) is 6.82. The summed E-state index contributed by atoms with van der Waals surface area (Å²) < 4.78 is 5.77. The minimum atomic E-state index is -0.133. The lowest BCUT2D eigenvalue weighted by Crippen LogP contribution is -2.24. The topological polar surface area (TPSA) is 89.0 Å². The quantitative estimate of drug-likeness (QED) is 0.766. The van der Waals surface area contributed by atoms with Crippen LogP contribution >= 0.6 is 0 Å². The Morgan fingerprint density at radius 1 is 1.16 bits per heavy atom. The number of carbonyl (C=O) groups excluding carboxylic acids is 1. The zero-order valence-electron chi connectivity index (χ0n) is 15.2. The molecule has 7 nitrogen and oxygen atoms in total. The molecule has 134 valence electrons. The summed E-state index contributed by atoms with van der Waals surface area (Å²) in [7, 11) is 0. The fourth-order valence-electron chi connectivity index (χ4n) is 2.20. The van der Waals surface area contributed by atoms with Crippen molar-refractivity contribution in [2.24, 2.45) is 0 Å². The minimum Gasteiger partial charge on any atom is -0.375 e. The van der Waals surface area contributed by atoms with E-state index in [1.54, 1.807) is 13.8 Å². The Labute approximate surface area is 148 Å². The van der Waals surface area contributed by atoms with Gasteiger partial charge in [0.1, 0.15) is 5.82 Å². The maximum absolute atomic E-state index is 11.5. The van der Waals surface area contributed by atoms with E-state index in [9.17, 15) is 4.79 Å². The van der Waals surface area contributed by atoms with Crippen LogP contribution in [-0.2, 0) is 16.1 Å². The lowest BCUT2D eigenvalue weighted by atomic mass is 10.1. The third-order valence-corrected chi connectivity index (χ3v) is 3.58. The molecule has 0 saturated heterocycles. The fraction of sp³-hybridized carbons (Fsp3) is 0.444. The number of carbonyl (C=O) groups is 1. The predicted molar refractivity (Wildman–Crippen MR) is 97.4 cm³/mol. The van der Waals surface area contributed by atoms with E-state index in [1.807, 2.05) is 19.1 Å². The van der Waals surface area contributed by atoms with Gasteiger partial charge in [-0.05, 0) is 31.9 Å². The standard InChI is InChI=1S/C18H25N5O2/c1-5-16(24)22-18-21-14(4)20-17(23-18)19-13(3)10-25-11-15-9-7-6-8-12(15)2/h6-9,13H,5,10-11H2,1-4H3,(H2,19,20,21,22,23,24). The van der Waals surface area contributed by atoms with Gasteiger partial charge in [-0.15, -0.1) is 0 Å². The molecule has 25 heavy (non-hydrogen) atoms. The number of anilines is 2. The zero-order chi connectivity index (χ0) is 18.2. The first kappa shape index (κ1) is 18.8. The highest BCUT2D eigenvalue weighted by Gasteiger charge is 2.09. The van der Waals surface area contributed by atoms with Crippen LogP contribution in [0.4, 0.5) is 11.9 Å². The van der Waals surface area contributed by atoms with Gasteiger partial charge >= 0.3 is 0 Å². The molecule has 0 aliphatic heterocycles. The molecule has 0 bridgehead atoms. The van der Waals surface area contributed by atoms with Crippen molar-refractivity contribution in [1.29, 1.82) is 0 Å². The van der Waals surface area contributed by atoms with Crippen molar-refractivity contribution in [3.05, 3.63) is 41.2 Å². The van der Waals surface area contributed by atoms with Gasteiger partial charge in [0.15, 0.2) is 0 Å². The molecule has 0 spiro atoms. The highest BCUT2D eigenvalue weighted by atomic mass is 16.5. The molecule has 1 unspecified atom stereocenters. The van der Waals surface area contributed by atoms with E-state index in [0.29, 0.717) is 31.4 Å². The van der Waals surface area contributed by atoms with E-state index in [0.717, 1.165) is 0 Å². The van der Waals surface area contributed by atoms with Crippen molar-refractivity contribution in [2.45, 2.75) is 46.8 Å². The molecule has 1 atom stereocenters. The number of aryl methyl sites for hydroxylation is 2. The van der Waals surface area contributed by atoms with E-state index in [1.165, 1.54) is 11.1 Å². The molecular weight excluding hydrogens is 318 g/mol. The molecule has 0 aliphatic carbocycles. The van der Waals surface area contributed by atoms with Crippen LogP contribution in [0, 0.1) is 13.8 Å². The van der Waals surface area contributed by atoms with E-state index < -0.39 is 0 Å². The third-order valence-electron chi connectivity index (χ3n) is 3.58. The highest BCUT2D eigenvalue weighted by Crippen LogP contribution is 2.10. The number of hydrogen-bond acceptors (Lipinski definition) is 6. The summed E-state index contributed by atoms with van der Waals surface area (Å²) in [6.07, 6.45) is 0.372. The van der Waals surface area contributed by atoms with E-state index >= 15 is 0 Å². The van der Waals surface area contributed by atoms with E-state index in [2.05, 4.69) is 44.6 Å². The number of ether oxygens (including phenoxy) is 1. The van der Waals surface area contributed by atoms with Crippen LogP contribution in [0.15, 0.2) is 24.3 Å². The normalized spacial score (nSPS) is 11.8. The Morgan fingerprint density at radius 3 is 2.60 bits per heavy atom. The van der Waals surface area contributed by atoms with E-state index in [4.69, 9.17) is 4.74 Å². The number of nitrogens with one attached hydrogen (secondary N) is 2. The van der Waals surface area contributed by atoms with Gasteiger partial charge < -0.3 is 10.1 Å². The average Bonchev–Trinajstić information content (AvgIpc) is 2.56. The number of nitrogens with zero attached hydrogens (tertiary/aromatic N) is 3. The van der Waals surface area contributed by atoms with Crippen LogP contribution in [0.25, 0.3) is 0 Å². The van der Waals surface area contributed by atoms with Crippen LogP contribution in [0.5, 0.6) is 0 Å². The summed E-state index contributed by atoms with van der Waals surface area (Å²) in [5.74, 6) is 1.09. The Balaban J connectivity index is 1.88. The lowest BCUT2D eigenvalue weighted by Gasteiger charge is -2.15. The van der Waals surface area contributed by atoms with Crippen LogP contribution < -0.4 is 10.6 Å². The molecule has 0 radical (unpaired) electrons. The highest BCUT2D eigenvalue weighted by molar-refractivity contribution is 5.88. The summed E-state index contributed by atoms with van der Waals surface area (Å²) in [6.45, 7) is 8.66. The van der Waals surface area contributed by atoms with Crippen molar-refractivity contribution in [1.82, 2.24) is 15.0 Å². The van der Waals surface area contributed by atoms with Crippen LogP contribution in [0.3, 0.4) is 0 Å². The Hall–Kier alpha value is -2.54. The van der Waals surface area contributed by atoms with Gasteiger partial charge in [-0.3, -0.25) is 10.1 Å². The van der Waals surface area contributed by atoms with Crippen molar-refractivity contribution >= 4 is 17.8 Å². The predicted octanol–water partition coefficient (Wildman–Crippen LogP) is 2.85. The first-order chi connectivity index (χ1) is 12.0.